The molecule has 0 spiro atoms. The second-order valence-electron chi connectivity index (χ2n) is 16.7. The van der Waals surface area contributed by atoms with Gasteiger partial charge in [0.1, 0.15) is 16.9 Å². The van der Waals surface area contributed by atoms with Crippen LogP contribution in [-0.2, 0) is 21.7 Å². The molecule has 3 nitrogen and oxygen atoms in total. The van der Waals surface area contributed by atoms with E-state index in [9.17, 15) is 0 Å². The van der Waals surface area contributed by atoms with Crippen molar-refractivity contribution in [3.63, 3.8) is 0 Å². The Kier molecular flexibility index (Phi) is 9.13. The summed E-state index contributed by atoms with van der Waals surface area (Å²) in [7, 11) is -2.49. The summed E-state index contributed by atoms with van der Waals surface area (Å²) >= 11 is 0. The molecule has 5 rings (SSSR count). The summed E-state index contributed by atoms with van der Waals surface area (Å²) in [6, 6.07) is 28.4. The highest BCUT2D eigenvalue weighted by molar-refractivity contribution is 7.72. The van der Waals surface area contributed by atoms with Crippen molar-refractivity contribution in [2.24, 2.45) is 0 Å². The molecule has 0 amide bonds. The molecule has 1 heterocycles. The van der Waals surface area contributed by atoms with Gasteiger partial charge in [0.05, 0.1) is 0 Å². The minimum Gasteiger partial charge on any atom is -0.390 e. The fourth-order valence-electron chi connectivity index (χ4n) is 5.72. The second kappa shape index (κ2) is 12.2. The van der Waals surface area contributed by atoms with Gasteiger partial charge in [-0.15, -0.1) is 0 Å². The summed E-state index contributed by atoms with van der Waals surface area (Å²) in [6.45, 7) is 29.6. The zero-order valence-electron chi connectivity index (χ0n) is 30.1. The molecule has 5 heteroatoms. The summed E-state index contributed by atoms with van der Waals surface area (Å²) in [5.41, 5.74) is 6.16. The molecule has 0 radical (unpaired) electrons. The molecule has 0 saturated heterocycles. The Morgan fingerprint density at radius 3 is 1.41 bits per heavy atom. The van der Waals surface area contributed by atoms with Crippen LogP contribution < -0.4 is 15.1 Å². The summed E-state index contributed by atoms with van der Waals surface area (Å²) < 4.78 is 20.9. The zero-order chi connectivity index (χ0) is 33.8. The normalized spacial score (nSPS) is 13.7. The maximum Gasteiger partial charge on any atom is 0.453 e. The number of hydrogen-bond acceptors (Lipinski definition) is 3. The highest BCUT2D eigenvalue weighted by atomic mass is 31.1. The van der Waals surface area contributed by atoms with Crippen molar-refractivity contribution in [1.82, 2.24) is 0 Å². The molecule has 0 aliphatic carbocycles. The molecule has 4 aromatic carbocycles. The first kappa shape index (κ1) is 34.3. The summed E-state index contributed by atoms with van der Waals surface area (Å²) in [4.78, 5) is 0. The highest BCUT2D eigenvalue weighted by Crippen LogP contribution is 2.46. The van der Waals surface area contributed by atoms with Crippen LogP contribution in [0.25, 0.3) is 21.9 Å². The molecule has 0 aliphatic heterocycles. The Balaban J connectivity index is 1.93. The average Bonchev–Trinajstić information content (AvgIpc) is 3.10. The summed E-state index contributed by atoms with van der Waals surface area (Å²) in [5.74, 6) is 0.809. The lowest BCUT2D eigenvalue weighted by atomic mass is 9.77. The van der Waals surface area contributed by atoms with E-state index in [2.05, 4.69) is 163 Å². The summed E-state index contributed by atoms with van der Waals surface area (Å²) in [6.07, 6.45) is 0. The molecule has 5 aromatic rings. The van der Waals surface area contributed by atoms with Crippen molar-refractivity contribution in [3.8, 4) is 5.75 Å². The van der Waals surface area contributed by atoms with E-state index in [-0.39, 0.29) is 21.7 Å². The quantitative estimate of drug-likeness (QED) is 0.181. The van der Waals surface area contributed by atoms with Crippen molar-refractivity contribution in [3.05, 3.63) is 101 Å². The Morgan fingerprint density at radius 2 is 0.978 bits per heavy atom. The number of rotatable bonds is 4. The van der Waals surface area contributed by atoms with E-state index in [0.717, 1.165) is 38.8 Å². The van der Waals surface area contributed by atoms with Gasteiger partial charge in [0.15, 0.2) is 0 Å². The van der Waals surface area contributed by atoms with Gasteiger partial charge in [-0.2, -0.15) is 0 Å². The third-order valence-corrected chi connectivity index (χ3v) is 11.9. The van der Waals surface area contributed by atoms with Crippen LogP contribution in [0.1, 0.15) is 105 Å². The van der Waals surface area contributed by atoms with Gasteiger partial charge in [0, 0.05) is 27.2 Å². The van der Waals surface area contributed by atoms with Gasteiger partial charge in [-0.3, -0.25) is 0 Å². The third kappa shape index (κ3) is 7.12. The van der Waals surface area contributed by atoms with Gasteiger partial charge >= 0.3 is 8.24 Å². The third-order valence-electron chi connectivity index (χ3n) is 8.69. The predicted octanol–water partition coefficient (Wildman–Crippen LogP) is 12.4. The van der Waals surface area contributed by atoms with Crippen LogP contribution in [0.4, 0.5) is 0 Å². The van der Waals surface area contributed by atoms with E-state index < -0.39 is 16.2 Å². The molecule has 0 saturated carbocycles. The molecule has 0 N–H and O–H groups in total. The lowest BCUT2D eigenvalue weighted by Gasteiger charge is -2.27. The van der Waals surface area contributed by atoms with Crippen molar-refractivity contribution in [1.29, 1.82) is 0 Å². The fraction of sp³-hybridized carbons (Fsp3) is 0.415. The SMILES string of the molecule is CP(c1ccccc1)c1ccccc1Op1oc2c(C(C)(C)C)cc(C(C)(C)C)cc2c2cc(C(C)(C)C)cc(C(C)(C)C)c2o1. The van der Waals surface area contributed by atoms with Gasteiger partial charge in [-0.05, 0) is 70.9 Å². The van der Waals surface area contributed by atoms with Crippen LogP contribution in [0.2, 0.25) is 0 Å². The van der Waals surface area contributed by atoms with E-state index in [1.807, 2.05) is 6.07 Å². The van der Waals surface area contributed by atoms with Crippen molar-refractivity contribution in [2.75, 3.05) is 6.66 Å². The minimum atomic E-state index is -1.85. The van der Waals surface area contributed by atoms with E-state index in [1.165, 1.54) is 21.7 Å². The van der Waals surface area contributed by atoms with Crippen molar-refractivity contribution < 1.29 is 12.9 Å². The van der Waals surface area contributed by atoms with E-state index in [4.69, 9.17) is 12.9 Å². The van der Waals surface area contributed by atoms with Crippen molar-refractivity contribution in [2.45, 2.75) is 105 Å². The minimum absolute atomic E-state index is 0.0488. The molecule has 0 fully saturated rings. The van der Waals surface area contributed by atoms with Crippen LogP contribution in [0.5, 0.6) is 5.75 Å². The van der Waals surface area contributed by atoms with Gasteiger partial charge < -0.3 is 12.9 Å². The Labute approximate surface area is 279 Å². The molecule has 1 aromatic heterocycles. The number of benzene rings is 4. The van der Waals surface area contributed by atoms with Crippen molar-refractivity contribution >= 4 is 48.7 Å². The Hall–Kier alpha value is -2.99. The first-order chi connectivity index (χ1) is 21.2. The molecule has 244 valence electrons. The maximum absolute atomic E-state index is 7.03. The molecule has 0 aliphatic rings. The standard InChI is InChI=1S/C41H52O3P2/c1-38(2,3)27-23-30-31-24-28(39(4,5)6)26-33(41(10,11)12)37(31)44-46(43-36(30)32(25-27)40(7,8)9)42-34-21-17-18-22-35(34)45(13)29-19-15-14-16-20-29/h14-26H,1-13H3. The van der Waals surface area contributed by atoms with E-state index in [1.54, 1.807) is 0 Å². The average molecular weight is 655 g/mol. The largest absolute Gasteiger partial charge is 0.453 e. The fourth-order valence-corrected chi connectivity index (χ4v) is 8.58. The first-order valence-corrected chi connectivity index (χ1v) is 19.2. The van der Waals surface area contributed by atoms with Gasteiger partial charge in [0.2, 0.25) is 0 Å². The highest BCUT2D eigenvalue weighted by Gasteiger charge is 2.29. The number of hydrogen-bond donors (Lipinski definition) is 0. The van der Waals surface area contributed by atoms with Crippen LogP contribution in [0.15, 0.2) is 87.3 Å². The Bertz CT molecular complexity index is 1810. The Morgan fingerprint density at radius 1 is 0.543 bits per heavy atom. The van der Waals surface area contributed by atoms with Gasteiger partial charge in [0.25, 0.3) is 0 Å². The van der Waals surface area contributed by atoms with Gasteiger partial charge in [-0.1, -0.05) is 144 Å². The van der Waals surface area contributed by atoms with Crippen LogP contribution in [-0.4, -0.2) is 6.66 Å². The molecule has 0 bridgehead atoms. The van der Waals surface area contributed by atoms with Crippen LogP contribution >= 0.6 is 16.2 Å². The van der Waals surface area contributed by atoms with Crippen LogP contribution in [0, 0.1) is 0 Å². The second-order valence-corrected chi connectivity index (χ2v) is 19.8. The molecule has 1 atom stereocenters. The lowest BCUT2D eigenvalue weighted by Crippen LogP contribution is -2.17. The first-order valence-electron chi connectivity index (χ1n) is 16.4. The molecular formula is C41H52O3P2. The zero-order valence-corrected chi connectivity index (χ0v) is 31.9. The molecular weight excluding hydrogens is 602 g/mol. The smallest absolute Gasteiger partial charge is 0.390 e. The van der Waals surface area contributed by atoms with E-state index >= 15 is 0 Å². The predicted molar refractivity (Wildman–Crippen MR) is 202 cm³/mol. The van der Waals surface area contributed by atoms with Crippen LogP contribution in [0.3, 0.4) is 0 Å². The molecule has 46 heavy (non-hydrogen) atoms. The van der Waals surface area contributed by atoms with Gasteiger partial charge in [-0.25, -0.2) is 0 Å². The number of para-hydroxylation sites is 1. The molecule has 1 unspecified atom stereocenters. The maximum atomic E-state index is 7.03. The monoisotopic (exact) mass is 654 g/mol. The number of fused-ring (bicyclic) bond motifs is 3. The lowest BCUT2D eigenvalue weighted by molar-refractivity contribution is 0.490. The van der Waals surface area contributed by atoms with E-state index in [0.29, 0.717) is 0 Å². The summed E-state index contributed by atoms with van der Waals surface area (Å²) in [5, 5.41) is 4.62. The topological polar surface area (TPSA) is 35.5 Å².